The smallest absolute Gasteiger partial charge is 0.211 e. The quantitative estimate of drug-likeness (QED) is 0.628. The highest BCUT2D eigenvalue weighted by Crippen LogP contribution is 2.39. The molecule has 3 aliphatic heterocycles. The first-order chi connectivity index (χ1) is 16.4. The fourth-order valence-corrected chi connectivity index (χ4v) is 6.43. The van der Waals surface area contributed by atoms with Crippen molar-refractivity contribution in [1.82, 2.24) is 19.2 Å². The molecule has 184 valence electrons. The second-order valence-corrected chi connectivity index (χ2v) is 11.6. The molecule has 0 aliphatic carbocycles. The Hall–Kier alpha value is -2.09. The Morgan fingerprint density at radius 1 is 1.18 bits per heavy atom. The summed E-state index contributed by atoms with van der Waals surface area (Å²) in [6.07, 6.45) is 4.99. The standard InChI is InChI=1S/C22H31N7O3S2/c1-23-20-4-3-17(13-24-20)21-25-14-18-5-12-33-22(18)29(21)27-10-11-32-19(16-27)15-26-6-8-28(9-7-26)34(2,30)31/h3-5,12-14,19,21H,6-11,15-16H2,1-2H3,(H,23,24). The van der Waals surface area contributed by atoms with Crippen molar-refractivity contribution >= 4 is 38.4 Å². The molecule has 2 aromatic heterocycles. The molecule has 2 atom stereocenters. The van der Waals surface area contributed by atoms with Gasteiger partial charge >= 0.3 is 0 Å². The molecule has 0 amide bonds. The summed E-state index contributed by atoms with van der Waals surface area (Å²) in [6.45, 7) is 5.47. The van der Waals surface area contributed by atoms with Crippen molar-refractivity contribution in [3.05, 3.63) is 40.9 Å². The summed E-state index contributed by atoms with van der Waals surface area (Å²) in [7, 11) is -1.27. The fourth-order valence-electron chi connectivity index (χ4n) is 4.68. The van der Waals surface area contributed by atoms with E-state index < -0.39 is 10.0 Å². The van der Waals surface area contributed by atoms with E-state index in [0.717, 1.165) is 49.7 Å². The number of hydrazine groups is 1. The summed E-state index contributed by atoms with van der Waals surface area (Å²) >= 11 is 1.72. The molecular formula is C22H31N7O3S2. The van der Waals surface area contributed by atoms with Crippen LogP contribution in [-0.2, 0) is 14.8 Å². The molecule has 0 bridgehead atoms. The average molecular weight is 506 g/mol. The third-order valence-corrected chi connectivity index (χ3v) is 8.71. The molecule has 2 saturated heterocycles. The van der Waals surface area contributed by atoms with Gasteiger partial charge in [-0.25, -0.2) is 18.4 Å². The largest absolute Gasteiger partial charge is 0.374 e. The van der Waals surface area contributed by atoms with E-state index in [1.165, 1.54) is 11.3 Å². The van der Waals surface area contributed by atoms with Gasteiger partial charge in [0.2, 0.25) is 10.0 Å². The van der Waals surface area contributed by atoms with Gasteiger partial charge in [-0.2, -0.15) is 4.31 Å². The molecule has 5 heterocycles. The Balaban J connectivity index is 1.30. The van der Waals surface area contributed by atoms with Crippen LogP contribution < -0.4 is 10.3 Å². The number of ether oxygens (including phenoxy) is 1. The van der Waals surface area contributed by atoms with Crippen LogP contribution in [0.1, 0.15) is 17.3 Å². The van der Waals surface area contributed by atoms with Gasteiger partial charge in [0.15, 0.2) is 6.17 Å². The third kappa shape index (κ3) is 4.97. The van der Waals surface area contributed by atoms with Crippen LogP contribution in [0.25, 0.3) is 0 Å². The van der Waals surface area contributed by atoms with Crippen LogP contribution in [0.5, 0.6) is 0 Å². The first kappa shape index (κ1) is 23.6. The Labute approximate surface area is 204 Å². The van der Waals surface area contributed by atoms with E-state index in [0.29, 0.717) is 19.7 Å². The van der Waals surface area contributed by atoms with Gasteiger partial charge in [0, 0.05) is 76.4 Å². The monoisotopic (exact) mass is 505 g/mol. The molecule has 10 nitrogen and oxygen atoms in total. The van der Waals surface area contributed by atoms with Crippen molar-refractivity contribution in [1.29, 1.82) is 0 Å². The van der Waals surface area contributed by atoms with E-state index in [-0.39, 0.29) is 12.3 Å². The summed E-state index contributed by atoms with van der Waals surface area (Å²) in [5.74, 6) is 0.828. The van der Waals surface area contributed by atoms with Gasteiger partial charge in [-0.1, -0.05) is 0 Å². The minimum atomic E-state index is -3.13. The molecule has 2 unspecified atom stereocenters. The minimum absolute atomic E-state index is 0.0401. The van der Waals surface area contributed by atoms with Gasteiger partial charge < -0.3 is 10.1 Å². The number of hydrogen-bond donors (Lipinski definition) is 1. The minimum Gasteiger partial charge on any atom is -0.374 e. The third-order valence-electron chi connectivity index (χ3n) is 6.49. The van der Waals surface area contributed by atoms with Crippen molar-refractivity contribution in [2.75, 3.05) is 76.0 Å². The van der Waals surface area contributed by atoms with E-state index >= 15 is 0 Å². The van der Waals surface area contributed by atoms with E-state index in [9.17, 15) is 8.42 Å². The normalized spacial score (nSPS) is 24.8. The van der Waals surface area contributed by atoms with Gasteiger partial charge in [-0.15, -0.1) is 11.3 Å². The molecule has 34 heavy (non-hydrogen) atoms. The lowest BCUT2D eigenvalue weighted by molar-refractivity contribution is -0.0522. The topological polar surface area (TPSA) is 93.6 Å². The highest BCUT2D eigenvalue weighted by Gasteiger charge is 2.35. The van der Waals surface area contributed by atoms with Crippen LogP contribution in [-0.4, -0.2) is 106 Å². The molecule has 1 N–H and O–H groups in total. The summed E-state index contributed by atoms with van der Waals surface area (Å²) in [4.78, 5) is 11.7. The summed E-state index contributed by atoms with van der Waals surface area (Å²) < 4.78 is 31.3. The van der Waals surface area contributed by atoms with Crippen molar-refractivity contribution in [3.63, 3.8) is 0 Å². The highest BCUT2D eigenvalue weighted by atomic mass is 32.2. The number of hydrogen-bond acceptors (Lipinski definition) is 10. The van der Waals surface area contributed by atoms with E-state index in [2.05, 4.69) is 42.7 Å². The SMILES string of the molecule is CNc1ccc(C2N=Cc3ccsc3N2N2CCOC(CN3CCN(S(C)(=O)=O)CC3)C2)cn1. The Bertz CT molecular complexity index is 1110. The van der Waals surface area contributed by atoms with Gasteiger partial charge in [-0.05, 0) is 23.6 Å². The van der Waals surface area contributed by atoms with E-state index in [1.54, 1.807) is 15.6 Å². The molecule has 5 rings (SSSR count). The first-order valence-corrected chi connectivity index (χ1v) is 14.2. The molecule has 0 spiro atoms. The number of aromatic nitrogens is 1. The molecular weight excluding hydrogens is 474 g/mol. The number of fused-ring (bicyclic) bond motifs is 1. The molecule has 2 aromatic rings. The molecule has 3 aliphatic rings. The zero-order chi connectivity index (χ0) is 23.7. The van der Waals surface area contributed by atoms with E-state index in [1.807, 2.05) is 25.5 Å². The maximum atomic E-state index is 11.8. The number of aliphatic imine (C=N–C) groups is 1. The highest BCUT2D eigenvalue weighted by molar-refractivity contribution is 7.88. The number of rotatable bonds is 6. The van der Waals surface area contributed by atoms with Crippen molar-refractivity contribution in [3.8, 4) is 0 Å². The Morgan fingerprint density at radius 3 is 2.71 bits per heavy atom. The number of nitrogens with zero attached hydrogens (tertiary/aromatic N) is 6. The van der Waals surface area contributed by atoms with Crippen LogP contribution >= 0.6 is 11.3 Å². The number of nitrogens with one attached hydrogen (secondary N) is 1. The number of piperazine rings is 1. The number of thiophene rings is 1. The zero-order valence-electron chi connectivity index (χ0n) is 19.5. The van der Waals surface area contributed by atoms with Gasteiger partial charge in [0.05, 0.1) is 19.0 Å². The predicted octanol–water partition coefficient (Wildman–Crippen LogP) is 1.32. The van der Waals surface area contributed by atoms with Crippen LogP contribution in [0, 0.1) is 0 Å². The molecule has 0 radical (unpaired) electrons. The van der Waals surface area contributed by atoms with Crippen molar-refractivity contribution in [2.45, 2.75) is 12.3 Å². The predicted molar refractivity (Wildman–Crippen MR) is 135 cm³/mol. The first-order valence-electron chi connectivity index (χ1n) is 11.5. The summed E-state index contributed by atoms with van der Waals surface area (Å²) in [5, 5.41) is 11.0. The summed E-state index contributed by atoms with van der Waals surface area (Å²) in [6, 6.07) is 6.16. The van der Waals surface area contributed by atoms with Crippen molar-refractivity contribution < 1.29 is 13.2 Å². The van der Waals surface area contributed by atoms with Crippen LogP contribution in [0.4, 0.5) is 10.8 Å². The molecule has 12 heteroatoms. The number of anilines is 2. The zero-order valence-corrected chi connectivity index (χ0v) is 21.1. The second-order valence-electron chi connectivity index (χ2n) is 8.77. The molecule has 0 saturated carbocycles. The van der Waals surface area contributed by atoms with Gasteiger partial charge in [0.1, 0.15) is 10.8 Å². The maximum Gasteiger partial charge on any atom is 0.211 e. The fraction of sp³-hybridized carbons (Fsp3) is 0.545. The van der Waals surface area contributed by atoms with E-state index in [4.69, 9.17) is 9.73 Å². The summed E-state index contributed by atoms with van der Waals surface area (Å²) in [5.41, 5.74) is 2.16. The number of pyridine rings is 1. The average Bonchev–Trinajstić information content (AvgIpc) is 3.32. The number of sulfonamides is 1. The maximum absolute atomic E-state index is 11.8. The van der Waals surface area contributed by atoms with Gasteiger partial charge in [-0.3, -0.25) is 14.9 Å². The second kappa shape index (κ2) is 9.88. The van der Waals surface area contributed by atoms with Crippen molar-refractivity contribution in [2.24, 2.45) is 4.99 Å². The lowest BCUT2D eigenvalue weighted by Gasteiger charge is -2.45. The van der Waals surface area contributed by atoms with Crippen LogP contribution in [0.3, 0.4) is 0 Å². The van der Waals surface area contributed by atoms with Crippen LogP contribution in [0.2, 0.25) is 0 Å². The lowest BCUT2D eigenvalue weighted by atomic mass is 10.1. The Kier molecular flexibility index (Phi) is 6.87. The number of morpholine rings is 1. The molecule has 0 aromatic carbocycles. The lowest BCUT2D eigenvalue weighted by Crippen LogP contribution is -2.57. The van der Waals surface area contributed by atoms with Crippen LogP contribution in [0.15, 0.2) is 34.8 Å². The van der Waals surface area contributed by atoms with Gasteiger partial charge in [0.25, 0.3) is 0 Å². The molecule has 2 fully saturated rings. The Morgan fingerprint density at radius 2 is 2.00 bits per heavy atom.